The van der Waals surface area contributed by atoms with Gasteiger partial charge in [-0.1, -0.05) is 0 Å². The first-order valence-corrected chi connectivity index (χ1v) is 4.60. The summed E-state index contributed by atoms with van der Waals surface area (Å²) in [6.07, 6.45) is 1.98. The van der Waals surface area contributed by atoms with Gasteiger partial charge in [-0.2, -0.15) is 0 Å². The van der Waals surface area contributed by atoms with Gasteiger partial charge in [0.15, 0.2) is 0 Å². The molecule has 2 atom stereocenters. The zero-order chi connectivity index (χ0) is 9.68. The Morgan fingerprint density at radius 2 is 2.54 bits per heavy atom. The lowest BCUT2D eigenvalue weighted by Crippen LogP contribution is -2.25. The van der Waals surface area contributed by atoms with Crippen molar-refractivity contribution < 1.29 is 19.4 Å². The molecule has 0 saturated carbocycles. The fourth-order valence-corrected chi connectivity index (χ4v) is 1.46. The summed E-state index contributed by atoms with van der Waals surface area (Å²) >= 11 is 0. The molecule has 0 spiro atoms. The highest BCUT2D eigenvalue weighted by Crippen LogP contribution is 2.18. The molecule has 0 bridgehead atoms. The Balaban J connectivity index is 2.16. The molecule has 0 amide bonds. The minimum Gasteiger partial charge on any atom is -0.469 e. The maximum Gasteiger partial charge on any atom is 0.305 e. The fourth-order valence-electron chi connectivity index (χ4n) is 1.46. The van der Waals surface area contributed by atoms with Crippen LogP contribution in [0.2, 0.25) is 0 Å². The van der Waals surface area contributed by atoms with Crippen LogP contribution in [0.15, 0.2) is 0 Å². The third-order valence-corrected chi connectivity index (χ3v) is 2.27. The van der Waals surface area contributed by atoms with Gasteiger partial charge in [-0.3, -0.25) is 4.79 Å². The predicted octanol–water partition coefficient (Wildman–Crippen LogP) is 0.479. The molecule has 0 radical (unpaired) electrons. The second kappa shape index (κ2) is 5.19. The zero-order valence-electron chi connectivity index (χ0n) is 7.86. The van der Waals surface area contributed by atoms with Gasteiger partial charge in [-0.15, -0.1) is 0 Å². The first-order chi connectivity index (χ1) is 6.24. The molecule has 1 rings (SSSR count). The molecule has 0 aromatic rings. The molecule has 0 aliphatic carbocycles. The Labute approximate surface area is 77.8 Å². The number of ether oxygens (including phenoxy) is 2. The minimum absolute atomic E-state index is 0.0790. The highest BCUT2D eigenvalue weighted by molar-refractivity contribution is 5.69. The van der Waals surface area contributed by atoms with Crippen LogP contribution < -0.4 is 0 Å². The second-order valence-corrected chi connectivity index (χ2v) is 3.23. The van der Waals surface area contributed by atoms with Gasteiger partial charge in [-0.25, -0.2) is 0 Å². The van der Waals surface area contributed by atoms with Gasteiger partial charge < -0.3 is 14.6 Å². The largest absolute Gasteiger partial charge is 0.469 e. The molecular formula is C9H16O4. The van der Waals surface area contributed by atoms with E-state index in [0.29, 0.717) is 6.42 Å². The second-order valence-electron chi connectivity index (χ2n) is 3.23. The molecule has 1 N–H and O–H groups in total. The average molecular weight is 188 g/mol. The molecule has 1 aliphatic rings. The quantitative estimate of drug-likeness (QED) is 0.652. The van der Waals surface area contributed by atoms with Crippen LogP contribution in [0.1, 0.15) is 25.7 Å². The van der Waals surface area contributed by atoms with Gasteiger partial charge in [-0.05, 0) is 19.3 Å². The number of methoxy groups -OCH3 is 1. The monoisotopic (exact) mass is 188 g/mol. The van der Waals surface area contributed by atoms with Crippen LogP contribution in [0.25, 0.3) is 0 Å². The van der Waals surface area contributed by atoms with Crippen molar-refractivity contribution in [3.63, 3.8) is 0 Å². The van der Waals surface area contributed by atoms with E-state index in [-0.39, 0.29) is 18.5 Å². The SMILES string of the molecule is COC(=O)CCC(O)C1CCCO1. The molecule has 1 heterocycles. The highest BCUT2D eigenvalue weighted by atomic mass is 16.5. The summed E-state index contributed by atoms with van der Waals surface area (Å²) in [6, 6.07) is 0. The molecule has 1 fully saturated rings. The number of aliphatic hydroxyl groups is 1. The van der Waals surface area contributed by atoms with Crippen molar-refractivity contribution in [2.45, 2.75) is 37.9 Å². The van der Waals surface area contributed by atoms with Gasteiger partial charge in [0.05, 0.1) is 19.3 Å². The van der Waals surface area contributed by atoms with E-state index in [9.17, 15) is 9.90 Å². The number of aliphatic hydroxyl groups excluding tert-OH is 1. The lowest BCUT2D eigenvalue weighted by Gasteiger charge is -2.16. The minimum atomic E-state index is -0.526. The lowest BCUT2D eigenvalue weighted by atomic mass is 10.1. The Bertz CT molecular complexity index is 163. The zero-order valence-corrected chi connectivity index (χ0v) is 7.86. The van der Waals surface area contributed by atoms with Crippen LogP contribution in [-0.2, 0) is 14.3 Å². The molecule has 4 heteroatoms. The van der Waals surface area contributed by atoms with E-state index >= 15 is 0 Å². The smallest absolute Gasteiger partial charge is 0.305 e. The van der Waals surface area contributed by atoms with Gasteiger partial charge in [0, 0.05) is 13.0 Å². The van der Waals surface area contributed by atoms with Crippen molar-refractivity contribution in [1.82, 2.24) is 0 Å². The fraction of sp³-hybridized carbons (Fsp3) is 0.889. The van der Waals surface area contributed by atoms with E-state index in [1.54, 1.807) is 0 Å². The summed E-state index contributed by atoms with van der Waals surface area (Å²) in [7, 11) is 1.35. The maximum absolute atomic E-state index is 10.8. The first-order valence-electron chi connectivity index (χ1n) is 4.60. The van der Waals surface area contributed by atoms with Crippen LogP contribution in [0, 0.1) is 0 Å². The van der Waals surface area contributed by atoms with E-state index in [0.717, 1.165) is 19.4 Å². The van der Waals surface area contributed by atoms with Crippen LogP contribution in [0.3, 0.4) is 0 Å². The van der Waals surface area contributed by atoms with Crippen molar-refractivity contribution in [3.8, 4) is 0 Å². The van der Waals surface area contributed by atoms with E-state index in [1.165, 1.54) is 7.11 Å². The van der Waals surface area contributed by atoms with Crippen molar-refractivity contribution in [2.75, 3.05) is 13.7 Å². The summed E-state index contributed by atoms with van der Waals surface area (Å²) in [6.45, 7) is 0.722. The number of hydrogen-bond donors (Lipinski definition) is 1. The van der Waals surface area contributed by atoms with Crippen LogP contribution in [-0.4, -0.2) is 37.0 Å². The van der Waals surface area contributed by atoms with Gasteiger partial charge in [0.25, 0.3) is 0 Å². The third kappa shape index (κ3) is 3.32. The van der Waals surface area contributed by atoms with Gasteiger partial charge >= 0.3 is 5.97 Å². The Morgan fingerprint density at radius 3 is 3.08 bits per heavy atom. The summed E-state index contributed by atoms with van der Waals surface area (Å²) in [5.74, 6) is -0.281. The number of esters is 1. The topological polar surface area (TPSA) is 55.8 Å². The molecular weight excluding hydrogens is 172 g/mol. The van der Waals surface area contributed by atoms with Crippen LogP contribution >= 0.6 is 0 Å². The molecule has 0 aromatic heterocycles. The van der Waals surface area contributed by atoms with Gasteiger partial charge in [0.1, 0.15) is 0 Å². The molecule has 0 aromatic carbocycles. The van der Waals surface area contributed by atoms with E-state index in [4.69, 9.17) is 4.74 Å². The normalized spacial score (nSPS) is 24.3. The summed E-state index contributed by atoms with van der Waals surface area (Å²) < 4.78 is 9.75. The van der Waals surface area contributed by atoms with E-state index < -0.39 is 6.10 Å². The van der Waals surface area contributed by atoms with E-state index in [2.05, 4.69) is 4.74 Å². The average Bonchev–Trinajstić information content (AvgIpc) is 2.66. The maximum atomic E-state index is 10.8. The molecule has 13 heavy (non-hydrogen) atoms. The molecule has 76 valence electrons. The standard InChI is InChI=1S/C9H16O4/c1-12-9(11)5-4-7(10)8-3-2-6-13-8/h7-8,10H,2-6H2,1H3. The Kier molecular flexibility index (Phi) is 4.18. The van der Waals surface area contributed by atoms with Crippen molar-refractivity contribution in [2.24, 2.45) is 0 Å². The van der Waals surface area contributed by atoms with Crippen molar-refractivity contribution in [3.05, 3.63) is 0 Å². The van der Waals surface area contributed by atoms with Crippen LogP contribution in [0.4, 0.5) is 0 Å². The summed E-state index contributed by atoms with van der Waals surface area (Å²) in [5.41, 5.74) is 0. The van der Waals surface area contributed by atoms with Crippen molar-refractivity contribution in [1.29, 1.82) is 0 Å². The number of hydrogen-bond acceptors (Lipinski definition) is 4. The van der Waals surface area contributed by atoms with Crippen molar-refractivity contribution >= 4 is 5.97 Å². The predicted molar refractivity (Wildman–Crippen MR) is 46.2 cm³/mol. The van der Waals surface area contributed by atoms with Gasteiger partial charge in [0.2, 0.25) is 0 Å². The Morgan fingerprint density at radius 1 is 1.77 bits per heavy atom. The van der Waals surface area contributed by atoms with Crippen LogP contribution in [0.5, 0.6) is 0 Å². The van der Waals surface area contributed by atoms with E-state index in [1.807, 2.05) is 0 Å². The molecule has 1 saturated heterocycles. The number of rotatable bonds is 4. The summed E-state index contributed by atoms with van der Waals surface area (Å²) in [4.78, 5) is 10.8. The first kappa shape index (κ1) is 10.5. The molecule has 1 aliphatic heterocycles. The Hall–Kier alpha value is -0.610. The number of carbonyl (C=O) groups excluding carboxylic acids is 1. The number of carbonyl (C=O) groups is 1. The molecule has 2 unspecified atom stereocenters. The third-order valence-electron chi connectivity index (χ3n) is 2.27. The lowest BCUT2D eigenvalue weighted by molar-refractivity contribution is -0.141. The summed E-state index contributed by atoms with van der Waals surface area (Å²) in [5, 5.41) is 9.56. The highest BCUT2D eigenvalue weighted by Gasteiger charge is 2.24. The molecule has 4 nitrogen and oxygen atoms in total.